The summed E-state index contributed by atoms with van der Waals surface area (Å²) >= 11 is 0. The molecule has 0 spiro atoms. The summed E-state index contributed by atoms with van der Waals surface area (Å²) in [6, 6.07) is 0. The zero-order chi connectivity index (χ0) is 7.73. The Morgan fingerprint density at radius 3 is 1.91 bits per heavy atom. The van der Waals surface area contributed by atoms with Gasteiger partial charge in [0.25, 0.3) is 0 Å². The van der Waals surface area contributed by atoms with Gasteiger partial charge in [-0.05, 0) is 43.7 Å². The summed E-state index contributed by atoms with van der Waals surface area (Å²) in [6.07, 6.45) is 16.7. The molecule has 2 fully saturated rings. The van der Waals surface area contributed by atoms with Gasteiger partial charge in [0.15, 0.2) is 0 Å². The van der Waals surface area contributed by atoms with Gasteiger partial charge >= 0.3 is 0 Å². The second-order valence-corrected chi connectivity index (χ2v) is 8.37. The van der Waals surface area contributed by atoms with E-state index in [4.69, 9.17) is 0 Å². The first-order chi connectivity index (χ1) is 5.31. The van der Waals surface area contributed by atoms with Crippen molar-refractivity contribution in [1.82, 2.24) is 0 Å². The van der Waals surface area contributed by atoms with Crippen molar-refractivity contribution in [2.24, 2.45) is 0 Å². The number of rotatable bonds is 0. The zero-order valence-electron chi connectivity index (χ0n) is 7.39. The lowest BCUT2D eigenvalue weighted by Gasteiger charge is -2.41. The van der Waals surface area contributed by atoms with E-state index in [0.29, 0.717) is 0 Å². The fourth-order valence-electron chi connectivity index (χ4n) is 2.78. The fourth-order valence-corrected chi connectivity index (χ4v) is 6.90. The minimum absolute atomic E-state index is 0.618. The molecule has 64 valence electrons. The van der Waals surface area contributed by atoms with E-state index in [1.54, 1.807) is 0 Å². The van der Waals surface area contributed by atoms with E-state index in [1.807, 2.05) is 0 Å². The molecule has 0 aromatic carbocycles. The Hall–Kier alpha value is 0.300. The lowest BCUT2D eigenvalue weighted by Crippen LogP contribution is -2.22. The summed E-state index contributed by atoms with van der Waals surface area (Å²) in [5.41, 5.74) is 1.10. The molecule has 0 aromatic rings. The molecule has 0 atom stereocenters. The molecule has 0 aromatic heterocycles. The summed E-state index contributed by atoms with van der Waals surface area (Å²) in [5, 5.41) is 0. The quantitative estimate of drug-likeness (QED) is 0.490. The molecule has 0 N–H and O–H groups in total. The van der Waals surface area contributed by atoms with Gasteiger partial charge in [0.2, 0.25) is 0 Å². The Morgan fingerprint density at radius 1 is 0.909 bits per heavy atom. The van der Waals surface area contributed by atoms with E-state index in [2.05, 4.69) is 6.30 Å². The van der Waals surface area contributed by atoms with Gasteiger partial charge in [-0.1, -0.05) is 12.8 Å². The van der Waals surface area contributed by atoms with Crippen molar-refractivity contribution in [1.29, 1.82) is 0 Å². The minimum atomic E-state index is -0.618. The van der Waals surface area contributed by atoms with Crippen LogP contribution in [0.3, 0.4) is 0 Å². The van der Waals surface area contributed by atoms with Crippen LogP contribution < -0.4 is 0 Å². The molecule has 0 radical (unpaired) electrons. The molecule has 0 amide bonds. The maximum Gasteiger partial charge on any atom is -0.0215 e. The van der Waals surface area contributed by atoms with Crippen LogP contribution in [-0.2, 0) is 0 Å². The number of fused-ring (bicyclic) bond motifs is 1. The van der Waals surface area contributed by atoms with Crippen LogP contribution in [0, 0.1) is 0 Å². The third-order valence-electron chi connectivity index (χ3n) is 3.56. The summed E-state index contributed by atoms with van der Waals surface area (Å²) in [7, 11) is 0. The molecular formula is C10H19P. The average Bonchev–Trinajstić information content (AvgIpc) is 2.03. The molecule has 2 aliphatic rings. The molecule has 1 heteroatoms. The van der Waals surface area contributed by atoms with Crippen LogP contribution in [0.2, 0.25) is 0 Å². The van der Waals surface area contributed by atoms with Crippen molar-refractivity contribution in [3.8, 4) is 0 Å². The van der Waals surface area contributed by atoms with Crippen LogP contribution in [0.4, 0.5) is 0 Å². The van der Waals surface area contributed by atoms with Crippen molar-refractivity contribution in [3.05, 3.63) is 0 Å². The van der Waals surface area contributed by atoms with Gasteiger partial charge in [-0.2, -0.15) is 0 Å². The standard InChI is InChI=1S/C10H19P/c1-11-8-4-2-6-10(11)7-3-5-9-11/h10H,1-9H2. The highest BCUT2D eigenvalue weighted by Crippen LogP contribution is 2.59. The molecule has 2 aliphatic heterocycles. The molecule has 11 heavy (non-hydrogen) atoms. The van der Waals surface area contributed by atoms with Crippen LogP contribution in [0.1, 0.15) is 38.5 Å². The van der Waals surface area contributed by atoms with Crippen molar-refractivity contribution in [3.63, 3.8) is 0 Å². The topological polar surface area (TPSA) is 0 Å². The first-order valence-electron chi connectivity index (χ1n) is 5.02. The van der Waals surface area contributed by atoms with E-state index >= 15 is 0 Å². The summed E-state index contributed by atoms with van der Waals surface area (Å²) < 4.78 is 0. The summed E-state index contributed by atoms with van der Waals surface area (Å²) in [4.78, 5) is 0. The van der Waals surface area contributed by atoms with Crippen LogP contribution in [0.15, 0.2) is 0 Å². The number of hydrogen-bond donors (Lipinski definition) is 0. The third-order valence-corrected chi connectivity index (χ3v) is 8.04. The maximum absolute atomic E-state index is 4.56. The predicted octanol–water partition coefficient (Wildman–Crippen LogP) is 3.17. The van der Waals surface area contributed by atoms with E-state index in [0.717, 1.165) is 5.66 Å². The van der Waals surface area contributed by atoms with Gasteiger partial charge < -0.3 is 0 Å². The maximum atomic E-state index is 4.56. The van der Waals surface area contributed by atoms with E-state index < -0.39 is 6.89 Å². The molecule has 0 bridgehead atoms. The van der Waals surface area contributed by atoms with Crippen LogP contribution in [0.25, 0.3) is 0 Å². The smallest absolute Gasteiger partial charge is 0.0215 e. The highest BCUT2D eigenvalue weighted by Gasteiger charge is 2.30. The van der Waals surface area contributed by atoms with Crippen LogP contribution >= 0.6 is 6.89 Å². The first kappa shape index (κ1) is 7.92. The van der Waals surface area contributed by atoms with E-state index in [1.165, 1.54) is 50.8 Å². The molecular weight excluding hydrogens is 151 g/mol. The van der Waals surface area contributed by atoms with Crippen molar-refractivity contribution >= 4 is 13.2 Å². The molecule has 0 saturated carbocycles. The van der Waals surface area contributed by atoms with Gasteiger partial charge in [0.1, 0.15) is 0 Å². The first-order valence-corrected chi connectivity index (χ1v) is 7.44. The molecule has 0 nitrogen and oxygen atoms in total. The second-order valence-electron chi connectivity index (χ2n) is 4.31. The minimum Gasteiger partial charge on any atom is -0.109 e. The monoisotopic (exact) mass is 170 g/mol. The van der Waals surface area contributed by atoms with Gasteiger partial charge in [-0.25, -0.2) is 0 Å². The molecule has 2 heterocycles. The number of hydrogen-bond acceptors (Lipinski definition) is 0. The largest absolute Gasteiger partial charge is 0.109 e. The fraction of sp³-hybridized carbons (Fsp3) is 0.900. The summed E-state index contributed by atoms with van der Waals surface area (Å²) in [6.45, 7) is -0.618. The second kappa shape index (κ2) is 2.98. The summed E-state index contributed by atoms with van der Waals surface area (Å²) in [5.74, 6) is 0. The van der Waals surface area contributed by atoms with Gasteiger partial charge in [0.05, 0.1) is 0 Å². The van der Waals surface area contributed by atoms with E-state index in [-0.39, 0.29) is 0 Å². The third kappa shape index (κ3) is 1.43. The Balaban J connectivity index is 2.13. The predicted molar refractivity (Wildman–Crippen MR) is 55.3 cm³/mol. The highest BCUT2D eigenvalue weighted by molar-refractivity contribution is 7.74. The van der Waals surface area contributed by atoms with Gasteiger partial charge in [0, 0.05) is 0 Å². The van der Waals surface area contributed by atoms with Crippen molar-refractivity contribution in [2.45, 2.75) is 44.2 Å². The molecule has 0 aliphatic carbocycles. The Morgan fingerprint density at radius 2 is 1.45 bits per heavy atom. The lowest BCUT2D eigenvalue weighted by atomic mass is 10.1. The lowest BCUT2D eigenvalue weighted by molar-refractivity contribution is 0.565. The van der Waals surface area contributed by atoms with Crippen LogP contribution in [-0.4, -0.2) is 24.3 Å². The Bertz CT molecular complexity index is 167. The molecule has 2 rings (SSSR count). The normalized spacial score (nSPS) is 44.9. The Labute approximate surface area is 70.4 Å². The van der Waals surface area contributed by atoms with E-state index in [9.17, 15) is 0 Å². The average molecular weight is 170 g/mol. The molecule has 0 unspecified atom stereocenters. The SMILES string of the molecule is C=P12CCCCC1CCCC2. The Kier molecular flexibility index (Phi) is 2.14. The van der Waals surface area contributed by atoms with Crippen molar-refractivity contribution < 1.29 is 0 Å². The molecule has 2 saturated heterocycles. The van der Waals surface area contributed by atoms with Gasteiger partial charge in [-0.3, -0.25) is 0 Å². The zero-order valence-corrected chi connectivity index (χ0v) is 8.28. The highest BCUT2D eigenvalue weighted by atomic mass is 31.2. The van der Waals surface area contributed by atoms with Crippen LogP contribution in [0.5, 0.6) is 0 Å². The van der Waals surface area contributed by atoms with Crippen molar-refractivity contribution in [2.75, 3.05) is 12.3 Å². The van der Waals surface area contributed by atoms with Gasteiger partial charge in [-0.15, -0.1) is 13.2 Å².